The molecule has 2 fully saturated rings. The van der Waals surface area contributed by atoms with Crippen molar-refractivity contribution in [1.29, 1.82) is 0 Å². The molecular formula is C16H17F2N3O2. The van der Waals surface area contributed by atoms with E-state index in [-0.39, 0.29) is 12.1 Å². The van der Waals surface area contributed by atoms with Gasteiger partial charge in [0.05, 0.1) is 12.6 Å². The molecule has 4 rings (SSSR count). The lowest BCUT2D eigenvalue weighted by Gasteiger charge is -2.19. The Bertz CT molecular complexity index is 702. The van der Waals surface area contributed by atoms with E-state index in [4.69, 9.17) is 9.26 Å². The number of rotatable bonds is 5. The second kappa shape index (κ2) is 5.98. The summed E-state index contributed by atoms with van der Waals surface area (Å²) < 4.78 is 37.4. The Morgan fingerprint density at radius 1 is 1.17 bits per heavy atom. The molecule has 0 unspecified atom stereocenters. The average molecular weight is 321 g/mol. The van der Waals surface area contributed by atoms with Crippen molar-refractivity contribution in [2.24, 2.45) is 0 Å². The van der Waals surface area contributed by atoms with Crippen LogP contribution in [0.2, 0.25) is 0 Å². The Morgan fingerprint density at radius 2 is 2.04 bits per heavy atom. The van der Waals surface area contributed by atoms with Crippen molar-refractivity contribution >= 4 is 0 Å². The minimum absolute atomic E-state index is 0.00253. The number of ether oxygens (including phenoxy) is 1. The van der Waals surface area contributed by atoms with E-state index in [0.29, 0.717) is 36.3 Å². The Labute approximate surface area is 132 Å². The van der Waals surface area contributed by atoms with E-state index in [2.05, 4.69) is 15.5 Å². The van der Waals surface area contributed by atoms with Gasteiger partial charge in [-0.3, -0.25) is 0 Å². The van der Waals surface area contributed by atoms with Crippen molar-refractivity contribution in [3.05, 3.63) is 47.1 Å². The summed E-state index contributed by atoms with van der Waals surface area (Å²) in [4.78, 5) is 4.37. The van der Waals surface area contributed by atoms with Crippen molar-refractivity contribution in [2.75, 3.05) is 6.61 Å². The number of nitrogens with zero attached hydrogens (tertiary/aromatic N) is 2. The molecule has 7 heteroatoms. The zero-order chi connectivity index (χ0) is 15.8. The van der Waals surface area contributed by atoms with E-state index in [1.165, 1.54) is 6.07 Å². The minimum Gasteiger partial charge on any atom is -0.372 e. The van der Waals surface area contributed by atoms with Gasteiger partial charge in [0.25, 0.3) is 0 Å². The SMILES string of the molecule is Fc1ccc([C@@H]2OCC[C@H]2NCc2noc(C3CC3)n2)cc1F. The molecule has 0 radical (unpaired) electrons. The Balaban J connectivity index is 1.41. The number of hydrogen-bond donors (Lipinski definition) is 1. The van der Waals surface area contributed by atoms with Crippen LogP contribution >= 0.6 is 0 Å². The highest BCUT2D eigenvalue weighted by molar-refractivity contribution is 5.22. The first-order valence-electron chi connectivity index (χ1n) is 7.83. The first-order valence-corrected chi connectivity index (χ1v) is 7.83. The van der Waals surface area contributed by atoms with E-state index in [9.17, 15) is 8.78 Å². The number of nitrogens with one attached hydrogen (secondary N) is 1. The molecule has 2 atom stereocenters. The number of halogens is 2. The molecule has 1 N–H and O–H groups in total. The summed E-state index contributed by atoms with van der Waals surface area (Å²) in [6.45, 7) is 1.03. The van der Waals surface area contributed by atoms with E-state index < -0.39 is 11.6 Å². The van der Waals surface area contributed by atoms with Gasteiger partial charge in [0.2, 0.25) is 5.89 Å². The molecule has 122 valence electrons. The number of aromatic nitrogens is 2. The summed E-state index contributed by atoms with van der Waals surface area (Å²) >= 11 is 0. The Hall–Kier alpha value is -1.86. The van der Waals surface area contributed by atoms with Crippen LogP contribution in [-0.4, -0.2) is 22.8 Å². The summed E-state index contributed by atoms with van der Waals surface area (Å²) in [5.41, 5.74) is 0.630. The first kappa shape index (κ1) is 14.7. The van der Waals surface area contributed by atoms with Crippen LogP contribution in [0.3, 0.4) is 0 Å². The smallest absolute Gasteiger partial charge is 0.229 e. The predicted octanol–water partition coefficient (Wildman–Crippen LogP) is 2.85. The van der Waals surface area contributed by atoms with Crippen molar-refractivity contribution in [1.82, 2.24) is 15.5 Å². The number of hydrogen-bond acceptors (Lipinski definition) is 5. The van der Waals surface area contributed by atoms with E-state index >= 15 is 0 Å². The second-order valence-corrected chi connectivity index (χ2v) is 6.06. The third-order valence-electron chi connectivity index (χ3n) is 4.30. The van der Waals surface area contributed by atoms with Crippen molar-refractivity contribution in [3.63, 3.8) is 0 Å². The average Bonchev–Trinajstić information content (AvgIpc) is 3.10. The molecule has 2 aliphatic rings. The van der Waals surface area contributed by atoms with Crippen LogP contribution in [0.4, 0.5) is 8.78 Å². The maximum Gasteiger partial charge on any atom is 0.229 e. The zero-order valence-electron chi connectivity index (χ0n) is 12.5. The standard InChI is InChI=1S/C16H17F2N3O2/c17-11-4-3-10(7-12(11)18)15-13(5-6-22-15)19-8-14-20-16(23-21-14)9-1-2-9/h3-4,7,9,13,15,19H,1-2,5-6,8H2/t13-,15+/m1/s1. The molecule has 0 spiro atoms. The maximum absolute atomic E-state index is 13.4. The molecule has 1 aromatic heterocycles. The molecule has 23 heavy (non-hydrogen) atoms. The van der Waals surface area contributed by atoms with Crippen molar-refractivity contribution in [3.8, 4) is 0 Å². The van der Waals surface area contributed by atoms with Gasteiger partial charge in [-0.05, 0) is 37.0 Å². The van der Waals surface area contributed by atoms with Crippen LogP contribution in [0.5, 0.6) is 0 Å². The van der Waals surface area contributed by atoms with Crippen LogP contribution < -0.4 is 5.32 Å². The zero-order valence-corrected chi connectivity index (χ0v) is 12.5. The van der Waals surface area contributed by atoms with Gasteiger partial charge >= 0.3 is 0 Å². The van der Waals surface area contributed by atoms with Gasteiger partial charge < -0.3 is 14.6 Å². The molecule has 1 aromatic carbocycles. The molecule has 0 amide bonds. The van der Waals surface area contributed by atoms with Crippen molar-refractivity contribution < 1.29 is 18.0 Å². The highest BCUT2D eigenvalue weighted by Crippen LogP contribution is 2.38. The van der Waals surface area contributed by atoms with Gasteiger partial charge in [-0.1, -0.05) is 11.2 Å². The first-order chi connectivity index (χ1) is 11.2. The van der Waals surface area contributed by atoms with Gasteiger partial charge in [-0.25, -0.2) is 8.78 Å². The molecule has 2 aromatic rings. The van der Waals surface area contributed by atoms with Gasteiger partial charge in [-0.2, -0.15) is 4.98 Å². The molecule has 5 nitrogen and oxygen atoms in total. The fourth-order valence-electron chi connectivity index (χ4n) is 2.87. The van der Waals surface area contributed by atoms with Gasteiger partial charge in [0.1, 0.15) is 0 Å². The summed E-state index contributed by atoms with van der Waals surface area (Å²) in [5, 5.41) is 7.29. The normalized spacial score (nSPS) is 24.3. The Kier molecular flexibility index (Phi) is 3.82. The Morgan fingerprint density at radius 3 is 2.83 bits per heavy atom. The highest BCUT2D eigenvalue weighted by Gasteiger charge is 2.32. The lowest BCUT2D eigenvalue weighted by atomic mass is 10.0. The summed E-state index contributed by atoms with van der Waals surface area (Å²) in [6, 6.07) is 3.88. The fourth-order valence-corrected chi connectivity index (χ4v) is 2.87. The topological polar surface area (TPSA) is 60.2 Å². The van der Waals surface area contributed by atoms with Crippen molar-refractivity contribution in [2.45, 2.75) is 43.9 Å². The minimum atomic E-state index is -0.857. The summed E-state index contributed by atoms with van der Waals surface area (Å²) in [6.07, 6.45) is 2.71. The lowest BCUT2D eigenvalue weighted by molar-refractivity contribution is 0.0979. The van der Waals surface area contributed by atoms with E-state index in [1.807, 2.05) is 0 Å². The van der Waals surface area contributed by atoms with Gasteiger partial charge in [-0.15, -0.1) is 0 Å². The molecule has 1 aliphatic carbocycles. The molecule has 0 bridgehead atoms. The fraction of sp³-hybridized carbons (Fsp3) is 0.500. The molecular weight excluding hydrogens is 304 g/mol. The van der Waals surface area contributed by atoms with E-state index in [0.717, 1.165) is 25.3 Å². The molecule has 1 saturated heterocycles. The monoisotopic (exact) mass is 321 g/mol. The van der Waals surface area contributed by atoms with Crippen LogP contribution in [0.1, 0.15) is 48.6 Å². The highest BCUT2D eigenvalue weighted by atomic mass is 19.2. The van der Waals surface area contributed by atoms with E-state index in [1.54, 1.807) is 6.07 Å². The van der Waals surface area contributed by atoms with Gasteiger partial charge in [0.15, 0.2) is 17.5 Å². The largest absolute Gasteiger partial charge is 0.372 e. The third-order valence-corrected chi connectivity index (χ3v) is 4.30. The molecule has 2 heterocycles. The van der Waals surface area contributed by atoms with Crippen LogP contribution in [0.15, 0.2) is 22.7 Å². The quantitative estimate of drug-likeness (QED) is 0.917. The van der Waals surface area contributed by atoms with Crippen LogP contribution in [0, 0.1) is 11.6 Å². The second-order valence-electron chi connectivity index (χ2n) is 6.06. The molecule has 1 saturated carbocycles. The maximum atomic E-state index is 13.4. The predicted molar refractivity (Wildman–Crippen MR) is 76.6 cm³/mol. The third kappa shape index (κ3) is 3.11. The number of benzene rings is 1. The lowest BCUT2D eigenvalue weighted by Crippen LogP contribution is -2.31. The van der Waals surface area contributed by atoms with Crippen LogP contribution in [0.25, 0.3) is 0 Å². The summed E-state index contributed by atoms with van der Waals surface area (Å²) in [5.74, 6) is 0.0464. The molecule has 1 aliphatic heterocycles. The van der Waals surface area contributed by atoms with Gasteiger partial charge in [0, 0.05) is 18.6 Å². The summed E-state index contributed by atoms with van der Waals surface area (Å²) in [7, 11) is 0. The van der Waals surface area contributed by atoms with Crippen LogP contribution in [-0.2, 0) is 11.3 Å².